The number of halogens is 1. The summed E-state index contributed by atoms with van der Waals surface area (Å²) < 4.78 is 5.97. The summed E-state index contributed by atoms with van der Waals surface area (Å²) >= 11 is 6.05. The fourth-order valence-corrected chi connectivity index (χ4v) is 5.30. The lowest BCUT2D eigenvalue weighted by atomic mass is 9.87. The van der Waals surface area contributed by atoms with Crippen LogP contribution >= 0.6 is 11.6 Å². The number of oxime groups is 1. The molecular formula is C27H37ClN4O3. The van der Waals surface area contributed by atoms with Gasteiger partial charge in [0, 0.05) is 29.9 Å². The van der Waals surface area contributed by atoms with Crippen LogP contribution in [0.4, 0.5) is 0 Å². The highest BCUT2D eigenvalue weighted by atomic mass is 35.5. The van der Waals surface area contributed by atoms with Gasteiger partial charge in [0.1, 0.15) is 18.6 Å². The van der Waals surface area contributed by atoms with Crippen molar-refractivity contribution in [3.63, 3.8) is 0 Å². The third-order valence-corrected chi connectivity index (χ3v) is 7.28. The largest absolute Gasteiger partial charge is 0.463 e. The van der Waals surface area contributed by atoms with Gasteiger partial charge in [-0.3, -0.25) is 9.69 Å². The van der Waals surface area contributed by atoms with E-state index in [9.17, 15) is 4.79 Å². The van der Waals surface area contributed by atoms with Crippen LogP contribution in [-0.4, -0.2) is 73.7 Å². The summed E-state index contributed by atoms with van der Waals surface area (Å²) in [6.45, 7) is 5.01. The summed E-state index contributed by atoms with van der Waals surface area (Å²) in [5.74, 6) is 2.70. The number of furan rings is 1. The summed E-state index contributed by atoms with van der Waals surface area (Å²) in [4.78, 5) is 24.9. The standard InChI is InChI=1S/C27H37ClN4O3/c1-30(2)18-24-8-9-25(35-24)19-31-14-10-22(11-15-31)27(33)32-16-12-21(13-17-32)26(29-34-3)20-4-6-23(28)7-5-20/h4-9,21-22H,10-19H2,1-3H3/b29-26+. The van der Waals surface area contributed by atoms with Crippen molar-refractivity contribution in [2.24, 2.45) is 17.0 Å². The smallest absolute Gasteiger partial charge is 0.225 e. The maximum atomic E-state index is 13.2. The number of likely N-dealkylation sites (tertiary alicyclic amines) is 2. The minimum absolute atomic E-state index is 0.118. The van der Waals surface area contributed by atoms with Gasteiger partial charge in [0.2, 0.25) is 5.91 Å². The Kier molecular flexibility index (Phi) is 8.87. The fourth-order valence-electron chi connectivity index (χ4n) is 5.18. The molecule has 2 aromatic rings. The van der Waals surface area contributed by atoms with Crippen molar-refractivity contribution in [2.45, 2.75) is 38.8 Å². The molecule has 2 aliphatic rings. The minimum atomic E-state index is 0.118. The van der Waals surface area contributed by atoms with E-state index in [1.54, 1.807) is 7.11 Å². The molecule has 0 bridgehead atoms. The van der Waals surface area contributed by atoms with E-state index in [0.717, 1.165) is 87.7 Å². The Balaban J connectivity index is 1.25. The van der Waals surface area contributed by atoms with Gasteiger partial charge in [-0.25, -0.2) is 0 Å². The number of carbonyl (C=O) groups is 1. The summed E-state index contributed by atoms with van der Waals surface area (Å²) in [6.07, 6.45) is 3.60. The van der Waals surface area contributed by atoms with Gasteiger partial charge in [0.05, 0.1) is 18.8 Å². The molecule has 35 heavy (non-hydrogen) atoms. The van der Waals surface area contributed by atoms with Crippen LogP contribution in [0.5, 0.6) is 0 Å². The van der Waals surface area contributed by atoms with Gasteiger partial charge in [-0.2, -0.15) is 0 Å². The zero-order valence-corrected chi connectivity index (χ0v) is 21.8. The van der Waals surface area contributed by atoms with E-state index in [1.807, 2.05) is 38.4 Å². The summed E-state index contributed by atoms with van der Waals surface area (Å²) in [5, 5.41) is 5.02. The van der Waals surface area contributed by atoms with Crippen LogP contribution in [0.1, 0.15) is 42.8 Å². The average Bonchev–Trinajstić information content (AvgIpc) is 3.29. The van der Waals surface area contributed by atoms with Crippen LogP contribution in [0.25, 0.3) is 0 Å². The van der Waals surface area contributed by atoms with Crippen LogP contribution in [0.2, 0.25) is 5.02 Å². The van der Waals surface area contributed by atoms with E-state index < -0.39 is 0 Å². The molecule has 1 amide bonds. The molecular weight excluding hydrogens is 464 g/mol. The molecule has 2 fully saturated rings. The fraction of sp³-hybridized carbons (Fsp3) is 0.556. The van der Waals surface area contributed by atoms with Crippen molar-refractivity contribution in [3.8, 4) is 0 Å². The zero-order valence-electron chi connectivity index (χ0n) is 21.1. The van der Waals surface area contributed by atoms with Crippen molar-refractivity contribution in [3.05, 3.63) is 58.5 Å². The van der Waals surface area contributed by atoms with E-state index >= 15 is 0 Å². The van der Waals surface area contributed by atoms with Crippen molar-refractivity contribution >= 4 is 23.2 Å². The molecule has 0 atom stereocenters. The summed E-state index contributed by atoms with van der Waals surface area (Å²) in [7, 11) is 5.66. The highest BCUT2D eigenvalue weighted by molar-refractivity contribution is 6.30. The van der Waals surface area contributed by atoms with Gasteiger partial charge in [0.25, 0.3) is 0 Å². The van der Waals surface area contributed by atoms with Crippen LogP contribution in [0.3, 0.4) is 0 Å². The van der Waals surface area contributed by atoms with E-state index in [4.69, 9.17) is 20.9 Å². The number of hydrogen-bond donors (Lipinski definition) is 0. The molecule has 0 unspecified atom stereocenters. The van der Waals surface area contributed by atoms with Gasteiger partial charge in [-0.05, 0) is 82.7 Å². The SMILES string of the molecule is CO/N=C(\c1ccc(Cl)cc1)C1CCN(C(=O)C2CCN(Cc3ccc(CN(C)C)o3)CC2)CC1. The highest BCUT2D eigenvalue weighted by Gasteiger charge is 2.32. The van der Waals surface area contributed by atoms with Crippen LogP contribution < -0.4 is 0 Å². The Morgan fingerprint density at radius 1 is 1.00 bits per heavy atom. The van der Waals surface area contributed by atoms with Gasteiger partial charge >= 0.3 is 0 Å². The second-order valence-electron chi connectivity index (χ2n) is 9.92. The molecule has 8 heteroatoms. The first kappa shape index (κ1) is 25.7. The molecule has 3 heterocycles. The number of carbonyl (C=O) groups excluding carboxylic acids is 1. The molecule has 7 nitrogen and oxygen atoms in total. The molecule has 190 valence electrons. The van der Waals surface area contributed by atoms with E-state index in [-0.39, 0.29) is 11.8 Å². The Morgan fingerprint density at radius 3 is 2.26 bits per heavy atom. The second-order valence-corrected chi connectivity index (χ2v) is 10.4. The molecule has 0 spiro atoms. The molecule has 1 aromatic carbocycles. The molecule has 0 radical (unpaired) electrons. The van der Waals surface area contributed by atoms with Crippen molar-refractivity contribution < 1.29 is 14.0 Å². The lowest BCUT2D eigenvalue weighted by Gasteiger charge is -2.37. The predicted molar refractivity (Wildman–Crippen MR) is 138 cm³/mol. The Morgan fingerprint density at radius 2 is 1.63 bits per heavy atom. The van der Waals surface area contributed by atoms with Gasteiger partial charge in [-0.1, -0.05) is 28.9 Å². The maximum Gasteiger partial charge on any atom is 0.225 e. The van der Waals surface area contributed by atoms with Crippen molar-refractivity contribution in [1.82, 2.24) is 14.7 Å². The Bertz CT molecular complexity index is 988. The maximum absolute atomic E-state index is 13.2. The van der Waals surface area contributed by atoms with E-state index in [2.05, 4.69) is 32.0 Å². The summed E-state index contributed by atoms with van der Waals surface area (Å²) in [5.41, 5.74) is 1.97. The number of rotatable bonds is 8. The Hall–Kier alpha value is -2.35. The zero-order chi connectivity index (χ0) is 24.8. The number of hydrogen-bond acceptors (Lipinski definition) is 6. The lowest BCUT2D eigenvalue weighted by molar-refractivity contribution is -0.138. The van der Waals surface area contributed by atoms with E-state index in [1.165, 1.54) is 0 Å². The second kappa shape index (κ2) is 12.1. The highest BCUT2D eigenvalue weighted by Crippen LogP contribution is 2.27. The van der Waals surface area contributed by atoms with Crippen LogP contribution in [0.15, 0.2) is 46.0 Å². The first-order valence-electron chi connectivity index (χ1n) is 12.5. The predicted octanol–water partition coefficient (Wildman–Crippen LogP) is 4.50. The van der Waals surface area contributed by atoms with Crippen molar-refractivity contribution in [2.75, 3.05) is 47.4 Å². The van der Waals surface area contributed by atoms with Gasteiger partial charge in [-0.15, -0.1) is 0 Å². The number of nitrogens with zero attached hydrogens (tertiary/aromatic N) is 4. The van der Waals surface area contributed by atoms with Crippen molar-refractivity contribution in [1.29, 1.82) is 0 Å². The molecule has 2 saturated heterocycles. The molecule has 0 saturated carbocycles. The topological polar surface area (TPSA) is 61.5 Å². The molecule has 2 aliphatic heterocycles. The molecule has 4 rings (SSSR count). The van der Waals surface area contributed by atoms with E-state index in [0.29, 0.717) is 10.9 Å². The summed E-state index contributed by atoms with van der Waals surface area (Å²) in [6, 6.07) is 11.9. The number of benzene rings is 1. The number of amides is 1. The van der Waals surface area contributed by atoms with Gasteiger partial charge < -0.3 is 19.1 Å². The Labute approximate surface area is 213 Å². The quantitative estimate of drug-likeness (QED) is 0.394. The molecule has 0 N–H and O–H groups in total. The molecule has 0 aliphatic carbocycles. The van der Waals surface area contributed by atoms with Gasteiger partial charge in [0.15, 0.2) is 0 Å². The first-order valence-corrected chi connectivity index (χ1v) is 12.9. The number of piperidine rings is 2. The molecule has 1 aromatic heterocycles. The monoisotopic (exact) mass is 500 g/mol. The minimum Gasteiger partial charge on any atom is -0.463 e. The lowest BCUT2D eigenvalue weighted by Crippen LogP contribution is -2.46. The average molecular weight is 501 g/mol. The van der Waals surface area contributed by atoms with Crippen LogP contribution in [-0.2, 0) is 22.7 Å². The third kappa shape index (κ3) is 6.87. The van der Waals surface area contributed by atoms with Crippen LogP contribution in [0, 0.1) is 11.8 Å². The first-order chi connectivity index (χ1) is 16.9. The third-order valence-electron chi connectivity index (χ3n) is 7.03. The normalized spacial score (nSPS) is 18.9.